The highest BCUT2D eigenvalue weighted by Gasteiger charge is 2.34. The Morgan fingerprint density at radius 1 is 1.30 bits per heavy atom. The third-order valence-corrected chi connectivity index (χ3v) is 3.68. The minimum absolute atomic E-state index is 0.130. The number of ether oxygens (including phenoxy) is 1. The van der Waals surface area contributed by atoms with Crippen molar-refractivity contribution in [2.24, 2.45) is 0 Å². The molecular weight excluding hydrogens is 269 g/mol. The van der Waals surface area contributed by atoms with Crippen LogP contribution in [-0.2, 0) is 0 Å². The molecule has 1 aliphatic rings. The molecule has 1 N–H and O–H groups in total. The van der Waals surface area contributed by atoms with Crippen molar-refractivity contribution in [1.82, 2.24) is 5.32 Å². The molecule has 2 atom stereocenters. The first-order chi connectivity index (χ1) is 9.40. The van der Waals surface area contributed by atoms with Crippen LogP contribution < -0.4 is 15.0 Å². The van der Waals surface area contributed by atoms with Gasteiger partial charge in [0.1, 0.15) is 0 Å². The van der Waals surface area contributed by atoms with Crippen LogP contribution in [0.25, 0.3) is 0 Å². The van der Waals surface area contributed by atoms with Gasteiger partial charge in [0.05, 0.1) is 5.69 Å². The van der Waals surface area contributed by atoms with Crippen LogP contribution in [0.1, 0.15) is 19.8 Å². The summed E-state index contributed by atoms with van der Waals surface area (Å²) in [5, 5.41) is 3.22. The summed E-state index contributed by atoms with van der Waals surface area (Å²) in [6.45, 7) is 2.73. The summed E-state index contributed by atoms with van der Waals surface area (Å²) in [7, 11) is 1.91. The van der Waals surface area contributed by atoms with Crippen LogP contribution in [0.15, 0.2) is 24.3 Å². The van der Waals surface area contributed by atoms with E-state index in [1.165, 1.54) is 6.07 Å². The van der Waals surface area contributed by atoms with E-state index in [0.29, 0.717) is 18.3 Å². The van der Waals surface area contributed by atoms with Crippen LogP contribution in [-0.4, -0.2) is 32.0 Å². The van der Waals surface area contributed by atoms with Crippen LogP contribution in [0.4, 0.5) is 18.9 Å². The smallest absolute Gasteiger partial charge is 0.404 e. The molecule has 1 aromatic rings. The first-order valence-corrected chi connectivity index (χ1v) is 6.69. The minimum atomic E-state index is -4.66. The second kappa shape index (κ2) is 5.91. The molecular formula is C14H19F3N2O. The van der Waals surface area contributed by atoms with Crippen LogP contribution in [0.2, 0.25) is 0 Å². The lowest BCUT2D eigenvalue weighted by Gasteiger charge is -2.39. The fraction of sp³-hybridized carbons (Fsp3) is 0.571. The van der Waals surface area contributed by atoms with Crippen LogP contribution in [0, 0.1) is 0 Å². The highest BCUT2D eigenvalue weighted by Crippen LogP contribution is 2.35. The lowest BCUT2D eigenvalue weighted by atomic mass is 9.97. The first-order valence-electron chi connectivity index (χ1n) is 6.69. The summed E-state index contributed by atoms with van der Waals surface area (Å²) >= 11 is 0. The van der Waals surface area contributed by atoms with E-state index in [1.54, 1.807) is 18.2 Å². The zero-order valence-corrected chi connectivity index (χ0v) is 11.6. The highest BCUT2D eigenvalue weighted by atomic mass is 19.4. The summed E-state index contributed by atoms with van der Waals surface area (Å²) in [6, 6.07) is 6.90. The van der Waals surface area contributed by atoms with Crippen molar-refractivity contribution in [3.05, 3.63) is 24.3 Å². The van der Waals surface area contributed by atoms with Gasteiger partial charge >= 0.3 is 6.36 Å². The van der Waals surface area contributed by atoms with Crippen molar-refractivity contribution < 1.29 is 17.9 Å². The zero-order valence-electron chi connectivity index (χ0n) is 11.6. The maximum atomic E-state index is 12.5. The van der Waals surface area contributed by atoms with Crippen LogP contribution in [0.3, 0.4) is 0 Å². The quantitative estimate of drug-likeness (QED) is 0.924. The van der Waals surface area contributed by atoms with E-state index in [4.69, 9.17) is 0 Å². The highest BCUT2D eigenvalue weighted by molar-refractivity contribution is 5.59. The molecule has 0 radical (unpaired) electrons. The predicted molar refractivity (Wildman–Crippen MR) is 72.0 cm³/mol. The topological polar surface area (TPSA) is 24.5 Å². The van der Waals surface area contributed by atoms with Gasteiger partial charge in [0.2, 0.25) is 0 Å². The fourth-order valence-electron chi connectivity index (χ4n) is 2.70. The Kier molecular flexibility index (Phi) is 4.42. The molecule has 0 aliphatic carbocycles. The summed E-state index contributed by atoms with van der Waals surface area (Å²) in [5.41, 5.74) is 0.506. The molecule has 2 unspecified atom stereocenters. The molecule has 112 valence electrons. The number of hydrogen-bond acceptors (Lipinski definition) is 3. The van der Waals surface area contributed by atoms with Crippen molar-refractivity contribution >= 4 is 5.69 Å². The lowest BCUT2D eigenvalue weighted by Crippen LogP contribution is -2.46. The second-order valence-corrected chi connectivity index (χ2v) is 5.07. The Balaban J connectivity index is 2.20. The van der Waals surface area contributed by atoms with Gasteiger partial charge in [-0.2, -0.15) is 0 Å². The van der Waals surface area contributed by atoms with Gasteiger partial charge in [0.15, 0.2) is 5.75 Å². The zero-order chi connectivity index (χ0) is 14.8. The number of piperidine rings is 1. The van der Waals surface area contributed by atoms with E-state index in [1.807, 2.05) is 18.9 Å². The van der Waals surface area contributed by atoms with Gasteiger partial charge in [-0.15, -0.1) is 13.2 Å². The Bertz CT molecular complexity index is 450. The molecule has 1 aliphatic heterocycles. The molecule has 3 nitrogen and oxygen atoms in total. The summed E-state index contributed by atoms with van der Waals surface area (Å²) < 4.78 is 41.5. The van der Waals surface area contributed by atoms with E-state index in [-0.39, 0.29) is 11.8 Å². The maximum absolute atomic E-state index is 12.5. The molecule has 20 heavy (non-hydrogen) atoms. The number of anilines is 1. The number of nitrogens with zero attached hydrogens (tertiary/aromatic N) is 1. The molecule has 0 saturated carbocycles. The Morgan fingerprint density at radius 2 is 2.00 bits per heavy atom. The number of benzene rings is 1. The molecule has 0 spiro atoms. The Morgan fingerprint density at radius 3 is 2.60 bits per heavy atom. The number of halogens is 3. The number of hydrogen-bond donors (Lipinski definition) is 1. The van der Waals surface area contributed by atoms with E-state index in [9.17, 15) is 13.2 Å². The van der Waals surface area contributed by atoms with Gasteiger partial charge in [0.25, 0.3) is 0 Å². The average Bonchev–Trinajstić information content (AvgIpc) is 2.38. The van der Waals surface area contributed by atoms with Crippen molar-refractivity contribution in [3.63, 3.8) is 0 Å². The molecule has 1 heterocycles. The maximum Gasteiger partial charge on any atom is 0.573 e. The Labute approximate surface area is 116 Å². The third kappa shape index (κ3) is 3.56. The number of alkyl halides is 3. The molecule has 1 fully saturated rings. The van der Waals surface area contributed by atoms with Gasteiger partial charge in [0, 0.05) is 18.6 Å². The first kappa shape index (κ1) is 15.0. The molecule has 0 aromatic heterocycles. The van der Waals surface area contributed by atoms with Crippen molar-refractivity contribution in [1.29, 1.82) is 0 Å². The lowest BCUT2D eigenvalue weighted by molar-refractivity contribution is -0.274. The molecule has 1 aromatic carbocycles. The third-order valence-electron chi connectivity index (χ3n) is 3.68. The van der Waals surface area contributed by atoms with E-state index in [2.05, 4.69) is 10.1 Å². The van der Waals surface area contributed by atoms with E-state index < -0.39 is 6.36 Å². The average molecular weight is 288 g/mol. The normalized spacial score (nSPS) is 23.8. The monoisotopic (exact) mass is 288 g/mol. The molecule has 1 saturated heterocycles. The molecule has 0 bridgehead atoms. The van der Waals surface area contributed by atoms with Crippen molar-refractivity contribution in [3.8, 4) is 5.75 Å². The number of nitrogens with one attached hydrogen (secondary N) is 1. The molecule has 0 amide bonds. The van der Waals surface area contributed by atoms with Crippen molar-refractivity contribution in [2.45, 2.75) is 38.2 Å². The van der Waals surface area contributed by atoms with Gasteiger partial charge < -0.3 is 15.0 Å². The summed E-state index contributed by atoms with van der Waals surface area (Å²) in [5.74, 6) is -0.130. The summed E-state index contributed by atoms with van der Waals surface area (Å²) in [6.07, 6.45) is -2.86. The largest absolute Gasteiger partial charge is 0.573 e. The molecule has 2 rings (SSSR count). The van der Waals surface area contributed by atoms with E-state index in [0.717, 1.165) is 12.8 Å². The van der Waals surface area contributed by atoms with Crippen LogP contribution >= 0.6 is 0 Å². The van der Waals surface area contributed by atoms with Gasteiger partial charge in [-0.3, -0.25) is 0 Å². The van der Waals surface area contributed by atoms with E-state index >= 15 is 0 Å². The van der Waals surface area contributed by atoms with Crippen molar-refractivity contribution in [2.75, 3.05) is 18.5 Å². The van der Waals surface area contributed by atoms with Crippen LogP contribution in [0.5, 0.6) is 5.75 Å². The number of rotatable bonds is 3. The Hall–Kier alpha value is -1.43. The predicted octanol–water partition coefficient (Wildman–Crippen LogP) is 3.16. The van der Waals surface area contributed by atoms with Gasteiger partial charge in [-0.1, -0.05) is 12.1 Å². The summed E-state index contributed by atoms with van der Waals surface area (Å²) in [4.78, 5) is 1.98. The number of para-hydroxylation sites is 2. The SMILES string of the molecule is CNC1CCN(c2ccccc2OC(F)(F)F)C(C)C1. The van der Waals surface area contributed by atoms with Gasteiger partial charge in [-0.05, 0) is 38.9 Å². The molecule has 6 heteroatoms. The second-order valence-electron chi connectivity index (χ2n) is 5.07. The minimum Gasteiger partial charge on any atom is -0.404 e. The fourth-order valence-corrected chi connectivity index (χ4v) is 2.70. The standard InChI is InChI=1S/C14H19F3N2O/c1-10-9-11(18-2)7-8-19(10)12-5-3-4-6-13(12)20-14(15,16)17/h3-6,10-11,18H,7-9H2,1-2H3. The van der Waals surface area contributed by atoms with Gasteiger partial charge in [-0.25, -0.2) is 0 Å².